The molecule has 3 nitrogen and oxygen atoms in total. The minimum atomic E-state index is -1.12. The van der Waals surface area contributed by atoms with Gasteiger partial charge in [-0.25, -0.2) is 0 Å². The van der Waals surface area contributed by atoms with Gasteiger partial charge in [-0.05, 0) is 51.7 Å². The quantitative estimate of drug-likeness (QED) is 0.853. The first-order chi connectivity index (χ1) is 8.43. The van der Waals surface area contributed by atoms with Gasteiger partial charge in [0.25, 0.3) is 0 Å². The van der Waals surface area contributed by atoms with Crippen molar-refractivity contribution in [3.63, 3.8) is 0 Å². The fourth-order valence-corrected chi connectivity index (χ4v) is 2.73. The molecule has 0 aliphatic heterocycles. The van der Waals surface area contributed by atoms with E-state index < -0.39 is 11.4 Å². The zero-order chi connectivity index (χ0) is 15.0. The normalized spacial score (nSPS) is 16.5. The fourth-order valence-electron chi connectivity index (χ4n) is 1.69. The largest absolute Gasteiger partial charge is 0.598 e. The summed E-state index contributed by atoms with van der Waals surface area (Å²) in [7, 11) is 0. The Labute approximate surface area is 120 Å². The van der Waals surface area contributed by atoms with Crippen LogP contribution in [0, 0.1) is 19.3 Å². The van der Waals surface area contributed by atoms with Crippen LogP contribution in [0.5, 0.6) is 0 Å². The maximum absolute atomic E-state index is 12.3. The third-order valence-electron chi connectivity index (χ3n) is 3.12. The molecular formula is C15H27NO2S. The second kappa shape index (κ2) is 5.51. The Morgan fingerprint density at radius 3 is 2.00 bits per heavy atom. The van der Waals surface area contributed by atoms with Crippen molar-refractivity contribution in [1.29, 1.82) is 0 Å². The smallest absolute Gasteiger partial charge is 0.136 e. The standard InChI is InChI=1S/C15H27NO2S/c1-10-9-12(18-11(10)2)13(14(3,4)5)16-19(17)15(6,7)8/h9,13,16H,1-8H3. The van der Waals surface area contributed by atoms with Gasteiger partial charge in [0.15, 0.2) is 0 Å². The molecular weight excluding hydrogens is 258 g/mol. The minimum absolute atomic E-state index is 0.0695. The topological polar surface area (TPSA) is 48.2 Å². The molecule has 1 N–H and O–H groups in total. The van der Waals surface area contributed by atoms with Crippen LogP contribution in [0.15, 0.2) is 10.5 Å². The van der Waals surface area contributed by atoms with Gasteiger partial charge in [-0.1, -0.05) is 20.8 Å². The van der Waals surface area contributed by atoms with E-state index in [-0.39, 0.29) is 16.2 Å². The second-order valence-corrected chi connectivity index (χ2v) is 9.18. The Hall–Kier alpha value is -0.450. The molecule has 19 heavy (non-hydrogen) atoms. The van der Waals surface area contributed by atoms with E-state index in [0.717, 1.165) is 17.1 Å². The van der Waals surface area contributed by atoms with E-state index >= 15 is 0 Å². The first kappa shape index (κ1) is 16.6. The fraction of sp³-hybridized carbons (Fsp3) is 0.733. The average molecular weight is 285 g/mol. The molecule has 1 aromatic rings. The van der Waals surface area contributed by atoms with Crippen LogP contribution >= 0.6 is 0 Å². The molecule has 0 amide bonds. The Morgan fingerprint density at radius 1 is 1.16 bits per heavy atom. The van der Waals surface area contributed by atoms with E-state index in [1.807, 2.05) is 40.7 Å². The first-order valence-corrected chi connectivity index (χ1v) is 7.83. The van der Waals surface area contributed by atoms with Gasteiger partial charge in [0.05, 0.1) is 0 Å². The minimum Gasteiger partial charge on any atom is -0.598 e. The van der Waals surface area contributed by atoms with Crippen LogP contribution in [0.1, 0.15) is 64.7 Å². The SMILES string of the molecule is Cc1cc(C(N[S+]([O-])C(C)(C)C)C(C)(C)C)oc1C. The summed E-state index contributed by atoms with van der Waals surface area (Å²) in [6, 6.07) is 1.97. The maximum Gasteiger partial charge on any atom is 0.136 e. The molecule has 0 bridgehead atoms. The number of furan rings is 1. The molecule has 0 saturated heterocycles. The molecule has 110 valence electrons. The summed E-state index contributed by atoms with van der Waals surface area (Å²) in [5.74, 6) is 1.78. The van der Waals surface area contributed by atoms with Crippen LogP contribution in [0.4, 0.5) is 0 Å². The molecule has 0 radical (unpaired) electrons. The molecule has 0 aliphatic carbocycles. The molecule has 0 aliphatic rings. The van der Waals surface area contributed by atoms with Gasteiger partial charge in [-0.3, -0.25) is 0 Å². The van der Waals surface area contributed by atoms with Crippen molar-refractivity contribution in [2.45, 2.75) is 66.2 Å². The van der Waals surface area contributed by atoms with Gasteiger partial charge in [0, 0.05) is 11.4 Å². The zero-order valence-corrected chi connectivity index (χ0v) is 14.2. The molecule has 1 heterocycles. The lowest BCUT2D eigenvalue weighted by molar-refractivity contribution is 0.261. The monoisotopic (exact) mass is 285 g/mol. The molecule has 4 heteroatoms. The highest BCUT2D eigenvalue weighted by atomic mass is 32.2. The summed E-state index contributed by atoms with van der Waals surface area (Å²) >= 11 is -1.12. The van der Waals surface area contributed by atoms with Crippen LogP contribution in [0.3, 0.4) is 0 Å². The van der Waals surface area contributed by atoms with E-state index in [1.54, 1.807) is 0 Å². The lowest BCUT2D eigenvalue weighted by Gasteiger charge is -2.33. The lowest BCUT2D eigenvalue weighted by atomic mass is 9.86. The van der Waals surface area contributed by atoms with Crippen LogP contribution in [0.25, 0.3) is 0 Å². The second-order valence-electron chi connectivity index (χ2n) is 7.19. The molecule has 0 spiro atoms. The van der Waals surface area contributed by atoms with Crippen molar-refractivity contribution in [2.75, 3.05) is 0 Å². The highest BCUT2D eigenvalue weighted by Crippen LogP contribution is 2.36. The van der Waals surface area contributed by atoms with Gasteiger partial charge in [0.1, 0.15) is 22.3 Å². The first-order valence-electron chi connectivity index (χ1n) is 6.68. The summed E-state index contributed by atoms with van der Waals surface area (Å²) in [5.41, 5.74) is 1.06. The van der Waals surface area contributed by atoms with Crippen LogP contribution in [-0.4, -0.2) is 9.30 Å². The summed E-state index contributed by atoms with van der Waals surface area (Å²) in [6.07, 6.45) is 0. The molecule has 1 rings (SSSR count). The zero-order valence-electron chi connectivity index (χ0n) is 13.4. The van der Waals surface area contributed by atoms with E-state index in [0.29, 0.717) is 0 Å². The van der Waals surface area contributed by atoms with Crippen LogP contribution < -0.4 is 4.72 Å². The summed E-state index contributed by atoms with van der Waals surface area (Å²) in [4.78, 5) is 0. The van der Waals surface area contributed by atoms with Crippen LogP contribution in [-0.2, 0) is 11.4 Å². The number of aryl methyl sites for hydroxylation is 2. The van der Waals surface area contributed by atoms with E-state index in [1.165, 1.54) is 0 Å². The van der Waals surface area contributed by atoms with Crippen molar-refractivity contribution in [2.24, 2.45) is 5.41 Å². The Balaban J connectivity index is 3.04. The molecule has 0 saturated carbocycles. The van der Waals surface area contributed by atoms with Gasteiger partial charge >= 0.3 is 0 Å². The number of nitrogens with one attached hydrogen (secondary N) is 1. The van der Waals surface area contributed by atoms with E-state index in [2.05, 4.69) is 25.5 Å². The number of rotatable bonds is 3. The highest BCUT2D eigenvalue weighted by molar-refractivity contribution is 7.90. The molecule has 0 aromatic carbocycles. The Kier molecular flexibility index (Phi) is 4.81. The maximum atomic E-state index is 12.3. The molecule has 2 unspecified atom stereocenters. The summed E-state index contributed by atoms with van der Waals surface area (Å²) < 4.78 is 21.1. The van der Waals surface area contributed by atoms with Crippen LogP contribution in [0.2, 0.25) is 0 Å². The Morgan fingerprint density at radius 2 is 1.68 bits per heavy atom. The number of hydrogen-bond acceptors (Lipinski definition) is 3. The highest BCUT2D eigenvalue weighted by Gasteiger charge is 2.37. The van der Waals surface area contributed by atoms with Gasteiger partial charge in [-0.2, -0.15) is 0 Å². The summed E-state index contributed by atoms with van der Waals surface area (Å²) in [5, 5.41) is 0. The molecule has 1 aromatic heterocycles. The summed E-state index contributed by atoms with van der Waals surface area (Å²) in [6.45, 7) is 16.3. The lowest BCUT2D eigenvalue weighted by Crippen LogP contribution is -2.44. The predicted octanol–water partition coefficient (Wildman–Crippen LogP) is 4.04. The Bertz CT molecular complexity index is 407. The van der Waals surface area contributed by atoms with Crippen molar-refractivity contribution in [1.82, 2.24) is 4.72 Å². The van der Waals surface area contributed by atoms with Crippen molar-refractivity contribution in [3.8, 4) is 0 Å². The van der Waals surface area contributed by atoms with Crippen molar-refractivity contribution < 1.29 is 8.97 Å². The molecule has 0 fully saturated rings. The van der Waals surface area contributed by atoms with E-state index in [9.17, 15) is 4.55 Å². The van der Waals surface area contributed by atoms with E-state index in [4.69, 9.17) is 4.42 Å². The van der Waals surface area contributed by atoms with Crippen molar-refractivity contribution in [3.05, 3.63) is 23.2 Å². The van der Waals surface area contributed by atoms with Gasteiger partial charge in [-0.15, -0.1) is 4.72 Å². The molecule has 2 atom stereocenters. The number of hydrogen-bond donors (Lipinski definition) is 1. The average Bonchev–Trinajstić information content (AvgIpc) is 2.51. The van der Waals surface area contributed by atoms with Gasteiger partial charge in [0.2, 0.25) is 0 Å². The third-order valence-corrected chi connectivity index (χ3v) is 4.68. The predicted molar refractivity (Wildman–Crippen MR) is 81.4 cm³/mol. The van der Waals surface area contributed by atoms with Crippen molar-refractivity contribution >= 4 is 11.4 Å². The third kappa shape index (κ3) is 4.26. The van der Waals surface area contributed by atoms with Gasteiger partial charge < -0.3 is 8.97 Å².